The number of carbonyl (C=O) groups is 1. The van der Waals surface area contributed by atoms with Gasteiger partial charge in [0.1, 0.15) is 0 Å². The smallest absolute Gasteiger partial charge is 0.306 e. The summed E-state index contributed by atoms with van der Waals surface area (Å²) < 4.78 is 0. The van der Waals surface area contributed by atoms with Crippen molar-refractivity contribution in [3.63, 3.8) is 0 Å². The molecule has 0 saturated heterocycles. The van der Waals surface area contributed by atoms with Crippen LogP contribution in [0.25, 0.3) is 0 Å². The van der Waals surface area contributed by atoms with Crippen LogP contribution in [0, 0.1) is 11.8 Å². The van der Waals surface area contributed by atoms with Crippen LogP contribution >= 0.6 is 0 Å². The van der Waals surface area contributed by atoms with Crippen LogP contribution in [0.4, 0.5) is 0 Å². The summed E-state index contributed by atoms with van der Waals surface area (Å²) in [6.45, 7) is 2.14. The van der Waals surface area contributed by atoms with Crippen LogP contribution < -0.4 is 0 Å². The maximum Gasteiger partial charge on any atom is 0.306 e. The molecule has 0 heterocycles. The summed E-state index contributed by atoms with van der Waals surface area (Å²) in [6.07, 6.45) is 2.83. The van der Waals surface area contributed by atoms with E-state index in [4.69, 9.17) is 5.11 Å². The van der Waals surface area contributed by atoms with Crippen LogP contribution in [0.5, 0.6) is 0 Å². The van der Waals surface area contributed by atoms with Gasteiger partial charge in [0, 0.05) is 0 Å². The van der Waals surface area contributed by atoms with Gasteiger partial charge in [0.2, 0.25) is 0 Å². The van der Waals surface area contributed by atoms with Crippen molar-refractivity contribution < 1.29 is 9.90 Å². The molecule has 1 N–H and O–H groups in total. The predicted molar refractivity (Wildman–Crippen MR) is 58.8 cm³/mol. The normalized spacial score (nSPS) is 23.8. The summed E-state index contributed by atoms with van der Waals surface area (Å²) >= 11 is 0. The van der Waals surface area contributed by atoms with Gasteiger partial charge < -0.3 is 5.11 Å². The zero-order valence-corrected chi connectivity index (χ0v) is 8.94. The second-order valence-electron chi connectivity index (χ2n) is 4.31. The van der Waals surface area contributed by atoms with E-state index in [1.54, 1.807) is 0 Å². The van der Waals surface area contributed by atoms with Gasteiger partial charge >= 0.3 is 5.97 Å². The number of carboxylic acid groups (broad SMARTS) is 1. The van der Waals surface area contributed by atoms with Crippen molar-refractivity contribution in [2.24, 2.45) is 11.8 Å². The van der Waals surface area contributed by atoms with E-state index in [9.17, 15) is 4.79 Å². The van der Waals surface area contributed by atoms with Crippen LogP contribution in [0.1, 0.15) is 24.5 Å². The minimum Gasteiger partial charge on any atom is -0.481 e. The first-order chi connectivity index (χ1) is 7.20. The molecular weight excluding hydrogens is 188 g/mol. The van der Waals surface area contributed by atoms with Crippen molar-refractivity contribution in [1.82, 2.24) is 0 Å². The van der Waals surface area contributed by atoms with Gasteiger partial charge in [-0.2, -0.15) is 0 Å². The Hall–Kier alpha value is -1.31. The quantitative estimate of drug-likeness (QED) is 0.818. The molecule has 1 aromatic rings. The van der Waals surface area contributed by atoms with E-state index in [-0.39, 0.29) is 5.92 Å². The first-order valence-corrected chi connectivity index (χ1v) is 5.51. The zero-order valence-electron chi connectivity index (χ0n) is 8.94. The second-order valence-corrected chi connectivity index (χ2v) is 4.31. The lowest BCUT2D eigenvalue weighted by atomic mass is 10.0. The lowest BCUT2D eigenvalue weighted by Gasteiger charge is -2.01. The molecule has 2 heteroatoms. The molecule has 15 heavy (non-hydrogen) atoms. The summed E-state index contributed by atoms with van der Waals surface area (Å²) in [5.74, 6) is -0.351. The van der Waals surface area contributed by atoms with E-state index in [0.29, 0.717) is 5.92 Å². The van der Waals surface area contributed by atoms with Crippen LogP contribution in [0.2, 0.25) is 0 Å². The van der Waals surface area contributed by atoms with E-state index >= 15 is 0 Å². The summed E-state index contributed by atoms with van der Waals surface area (Å²) in [7, 11) is 0. The van der Waals surface area contributed by atoms with Gasteiger partial charge in [-0.15, -0.1) is 0 Å². The number of aryl methyl sites for hydroxylation is 1. The number of hydrogen-bond acceptors (Lipinski definition) is 1. The monoisotopic (exact) mass is 204 g/mol. The fraction of sp³-hybridized carbons (Fsp3) is 0.462. The van der Waals surface area contributed by atoms with Gasteiger partial charge in [-0.25, -0.2) is 0 Å². The maximum absolute atomic E-state index is 10.7. The topological polar surface area (TPSA) is 37.3 Å². The minimum atomic E-state index is -0.634. The molecule has 2 rings (SSSR count). The molecule has 0 aliphatic heterocycles. The number of benzene rings is 1. The van der Waals surface area contributed by atoms with Crippen molar-refractivity contribution in [2.45, 2.75) is 26.2 Å². The molecule has 80 valence electrons. The highest BCUT2D eigenvalue weighted by atomic mass is 16.4. The van der Waals surface area contributed by atoms with Gasteiger partial charge in [-0.05, 0) is 36.3 Å². The Morgan fingerprint density at radius 3 is 2.40 bits per heavy atom. The Bertz CT molecular complexity index is 353. The number of rotatable bonds is 4. The Morgan fingerprint density at radius 2 is 1.93 bits per heavy atom. The van der Waals surface area contributed by atoms with E-state index in [0.717, 1.165) is 19.3 Å². The molecule has 2 nitrogen and oxygen atoms in total. The van der Waals surface area contributed by atoms with Crippen LogP contribution in [-0.4, -0.2) is 11.1 Å². The third kappa shape index (κ3) is 2.38. The molecule has 0 unspecified atom stereocenters. The first kappa shape index (κ1) is 10.2. The molecule has 1 saturated carbocycles. The molecule has 0 amide bonds. The number of aliphatic carboxylic acids is 1. The molecule has 1 fully saturated rings. The van der Waals surface area contributed by atoms with Crippen LogP contribution in [-0.2, 0) is 17.6 Å². The van der Waals surface area contributed by atoms with Gasteiger partial charge in [-0.3, -0.25) is 4.79 Å². The average molecular weight is 204 g/mol. The van der Waals surface area contributed by atoms with E-state index < -0.39 is 5.97 Å². The van der Waals surface area contributed by atoms with E-state index in [1.165, 1.54) is 11.1 Å². The fourth-order valence-corrected chi connectivity index (χ4v) is 1.99. The van der Waals surface area contributed by atoms with Gasteiger partial charge in [0.25, 0.3) is 0 Å². The molecule has 0 aromatic heterocycles. The molecular formula is C13H16O2. The molecule has 2 atom stereocenters. The molecule has 0 spiro atoms. The van der Waals surface area contributed by atoms with Crippen molar-refractivity contribution in [2.75, 3.05) is 0 Å². The van der Waals surface area contributed by atoms with E-state index in [1.807, 2.05) is 0 Å². The zero-order chi connectivity index (χ0) is 10.8. The summed E-state index contributed by atoms with van der Waals surface area (Å²) in [5.41, 5.74) is 2.60. The maximum atomic E-state index is 10.7. The van der Waals surface area contributed by atoms with Crippen molar-refractivity contribution in [1.29, 1.82) is 0 Å². The Morgan fingerprint density at radius 1 is 1.33 bits per heavy atom. The molecule has 1 aliphatic carbocycles. The number of carboxylic acids is 1. The third-order valence-electron chi connectivity index (χ3n) is 3.17. The lowest BCUT2D eigenvalue weighted by Crippen LogP contribution is -2.01. The minimum absolute atomic E-state index is 0.0872. The standard InChI is InChI=1S/C13H16O2/c1-2-9-3-5-10(6-4-9)7-11-8-12(11)13(14)15/h3-6,11-12H,2,7-8H2,1H3,(H,14,15)/t11-,12-/m0/s1. The van der Waals surface area contributed by atoms with Crippen LogP contribution in [0.15, 0.2) is 24.3 Å². The first-order valence-electron chi connectivity index (χ1n) is 5.51. The Labute approximate surface area is 89.9 Å². The summed E-state index contributed by atoms with van der Waals surface area (Å²) in [5, 5.41) is 8.78. The van der Waals surface area contributed by atoms with Crippen molar-refractivity contribution in [3.8, 4) is 0 Å². The van der Waals surface area contributed by atoms with E-state index in [2.05, 4.69) is 31.2 Å². The molecule has 0 bridgehead atoms. The highest BCUT2D eigenvalue weighted by Crippen LogP contribution is 2.41. The Kier molecular flexibility index (Phi) is 2.76. The Balaban J connectivity index is 1.92. The molecule has 0 radical (unpaired) electrons. The lowest BCUT2D eigenvalue weighted by molar-refractivity contribution is -0.138. The third-order valence-corrected chi connectivity index (χ3v) is 3.17. The SMILES string of the molecule is CCc1ccc(C[C@H]2C[C@@H]2C(=O)O)cc1. The van der Waals surface area contributed by atoms with Crippen molar-refractivity contribution >= 4 is 5.97 Å². The summed E-state index contributed by atoms with van der Waals surface area (Å²) in [6, 6.07) is 8.51. The fourth-order valence-electron chi connectivity index (χ4n) is 1.99. The molecule has 1 aromatic carbocycles. The number of hydrogen-bond donors (Lipinski definition) is 1. The van der Waals surface area contributed by atoms with Gasteiger partial charge in [-0.1, -0.05) is 31.2 Å². The second kappa shape index (κ2) is 4.05. The predicted octanol–water partition coefficient (Wildman–Crippen LogP) is 2.51. The van der Waals surface area contributed by atoms with Gasteiger partial charge in [0.15, 0.2) is 0 Å². The highest BCUT2D eigenvalue weighted by Gasteiger charge is 2.42. The summed E-state index contributed by atoms with van der Waals surface area (Å²) in [4.78, 5) is 10.7. The average Bonchev–Trinajstić information content (AvgIpc) is 2.98. The largest absolute Gasteiger partial charge is 0.481 e. The highest BCUT2D eigenvalue weighted by molar-refractivity contribution is 5.73. The van der Waals surface area contributed by atoms with Crippen LogP contribution in [0.3, 0.4) is 0 Å². The van der Waals surface area contributed by atoms with Crippen molar-refractivity contribution in [3.05, 3.63) is 35.4 Å². The molecule has 1 aliphatic rings. The van der Waals surface area contributed by atoms with Gasteiger partial charge in [0.05, 0.1) is 5.92 Å².